The molecule has 106 valence electrons. The van der Waals surface area contributed by atoms with E-state index in [1.165, 1.54) is 0 Å². The van der Waals surface area contributed by atoms with Crippen LogP contribution in [0.1, 0.15) is 41.0 Å². The molecule has 0 radical (unpaired) electrons. The van der Waals surface area contributed by atoms with Gasteiger partial charge in [-0.25, -0.2) is 0 Å². The summed E-state index contributed by atoms with van der Waals surface area (Å²) in [6, 6.07) is -0.0156. The molecule has 1 aliphatic heterocycles. The average molecular weight is 255 g/mol. The van der Waals surface area contributed by atoms with Gasteiger partial charge in [0.1, 0.15) is 0 Å². The third-order valence-corrected chi connectivity index (χ3v) is 3.85. The molecule has 0 saturated carbocycles. The van der Waals surface area contributed by atoms with Crippen LogP contribution in [-0.4, -0.2) is 53.5 Å². The van der Waals surface area contributed by atoms with Crippen molar-refractivity contribution in [2.45, 2.75) is 52.6 Å². The summed E-state index contributed by atoms with van der Waals surface area (Å²) in [6.07, 6.45) is 0.479. The molecule has 0 spiro atoms. The normalized spacial score (nSPS) is 20.3. The maximum atomic E-state index is 12.1. The van der Waals surface area contributed by atoms with Crippen molar-refractivity contribution in [2.24, 2.45) is 11.7 Å². The van der Waals surface area contributed by atoms with Gasteiger partial charge in [0.2, 0.25) is 5.91 Å². The summed E-state index contributed by atoms with van der Waals surface area (Å²) in [5, 5.41) is 0. The quantitative estimate of drug-likeness (QED) is 0.827. The molecular weight excluding hydrogens is 226 g/mol. The van der Waals surface area contributed by atoms with Crippen LogP contribution in [0.25, 0.3) is 0 Å². The first kappa shape index (κ1) is 15.4. The molecule has 1 atom stereocenters. The number of rotatable bonds is 3. The van der Waals surface area contributed by atoms with Gasteiger partial charge >= 0.3 is 0 Å². The van der Waals surface area contributed by atoms with Gasteiger partial charge in [-0.05, 0) is 26.7 Å². The number of hydrogen-bond acceptors (Lipinski definition) is 3. The van der Waals surface area contributed by atoms with Crippen LogP contribution in [-0.2, 0) is 4.79 Å². The smallest absolute Gasteiger partial charge is 0.224 e. The molecule has 2 N–H and O–H groups in total. The molecule has 1 unspecified atom stereocenters. The molecule has 1 aliphatic rings. The van der Waals surface area contributed by atoms with Crippen molar-refractivity contribution in [3.8, 4) is 0 Å². The summed E-state index contributed by atoms with van der Waals surface area (Å²) in [5.41, 5.74) is 6.16. The molecule has 1 heterocycles. The van der Waals surface area contributed by atoms with Gasteiger partial charge in [0.05, 0.1) is 0 Å². The Morgan fingerprint density at radius 3 is 2.06 bits per heavy atom. The Morgan fingerprint density at radius 2 is 1.67 bits per heavy atom. The lowest BCUT2D eigenvalue weighted by Crippen LogP contribution is -2.55. The van der Waals surface area contributed by atoms with Crippen LogP contribution in [0.4, 0.5) is 0 Å². The minimum atomic E-state index is -0.0156. The average Bonchev–Trinajstić information content (AvgIpc) is 2.27. The van der Waals surface area contributed by atoms with Gasteiger partial charge in [0.25, 0.3) is 0 Å². The number of amides is 1. The van der Waals surface area contributed by atoms with Crippen molar-refractivity contribution in [3.63, 3.8) is 0 Å². The zero-order valence-electron chi connectivity index (χ0n) is 12.6. The van der Waals surface area contributed by atoms with E-state index in [0.29, 0.717) is 12.3 Å². The van der Waals surface area contributed by atoms with Crippen LogP contribution in [0.5, 0.6) is 0 Å². The van der Waals surface area contributed by atoms with Gasteiger partial charge in [-0.3, -0.25) is 9.69 Å². The maximum absolute atomic E-state index is 12.1. The molecule has 1 rings (SSSR count). The fourth-order valence-electron chi connectivity index (χ4n) is 2.19. The van der Waals surface area contributed by atoms with E-state index in [9.17, 15) is 4.79 Å². The summed E-state index contributed by atoms with van der Waals surface area (Å²) >= 11 is 0. The molecule has 0 aromatic carbocycles. The van der Waals surface area contributed by atoms with E-state index < -0.39 is 0 Å². The Morgan fingerprint density at radius 1 is 1.17 bits per heavy atom. The van der Waals surface area contributed by atoms with E-state index in [1.54, 1.807) is 0 Å². The van der Waals surface area contributed by atoms with Gasteiger partial charge < -0.3 is 10.6 Å². The van der Waals surface area contributed by atoms with Gasteiger partial charge in [-0.1, -0.05) is 13.8 Å². The number of nitrogens with two attached hydrogens (primary N) is 1. The fourth-order valence-corrected chi connectivity index (χ4v) is 2.19. The van der Waals surface area contributed by atoms with Crippen molar-refractivity contribution in [1.82, 2.24) is 9.80 Å². The Bertz CT molecular complexity index is 275. The number of nitrogens with zero attached hydrogens (tertiary/aromatic N) is 2. The first-order valence-corrected chi connectivity index (χ1v) is 7.00. The van der Waals surface area contributed by atoms with Crippen LogP contribution >= 0.6 is 0 Å². The second-order valence-electron chi connectivity index (χ2n) is 6.65. The van der Waals surface area contributed by atoms with Gasteiger partial charge in [0.15, 0.2) is 0 Å². The lowest BCUT2D eigenvalue weighted by Gasteiger charge is -2.42. The topological polar surface area (TPSA) is 49.6 Å². The van der Waals surface area contributed by atoms with Crippen molar-refractivity contribution in [1.29, 1.82) is 0 Å². The molecule has 0 aromatic heterocycles. The molecular formula is C14H29N3O. The standard InChI is InChI=1S/C14H29N3O/c1-11(2)12(15)10-13(18)16-6-8-17(9-7-16)14(3,4)5/h11-12H,6-10,15H2,1-5H3. The lowest BCUT2D eigenvalue weighted by atomic mass is 10.0. The van der Waals surface area contributed by atoms with Gasteiger partial charge in [-0.2, -0.15) is 0 Å². The first-order chi connectivity index (χ1) is 8.21. The highest BCUT2D eigenvalue weighted by Gasteiger charge is 2.28. The first-order valence-electron chi connectivity index (χ1n) is 7.00. The Labute approximate surface area is 111 Å². The van der Waals surface area contributed by atoms with Crippen molar-refractivity contribution < 1.29 is 4.79 Å². The Hall–Kier alpha value is -0.610. The highest BCUT2D eigenvalue weighted by molar-refractivity contribution is 5.77. The van der Waals surface area contributed by atoms with E-state index in [1.807, 2.05) is 4.90 Å². The lowest BCUT2D eigenvalue weighted by molar-refractivity contribution is -0.134. The Kier molecular flexibility index (Phi) is 5.17. The van der Waals surface area contributed by atoms with E-state index in [-0.39, 0.29) is 17.5 Å². The SMILES string of the molecule is CC(C)C(N)CC(=O)N1CCN(C(C)(C)C)CC1. The highest BCUT2D eigenvalue weighted by atomic mass is 16.2. The number of carbonyl (C=O) groups is 1. The summed E-state index contributed by atoms with van der Waals surface area (Å²) in [5.74, 6) is 0.578. The molecule has 0 aromatic rings. The zero-order valence-corrected chi connectivity index (χ0v) is 12.6. The second-order valence-corrected chi connectivity index (χ2v) is 6.65. The number of hydrogen-bond donors (Lipinski definition) is 1. The number of carbonyl (C=O) groups excluding carboxylic acids is 1. The van der Waals surface area contributed by atoms with E-state index in [2.05, 4.69) is 39.5 Å². The summed E-state index contributed by atoms with van der Waals surface area (Å²) in [7, 11) is 0. The molecule has 1 saturated heterocycles. The minimum absolute atomic E-state index is 0.0156. The largest absolute Gasteiger partial charge is 0.340 e. The molecule has 4 heteroatoms. The molecule has 0 bridgehead atoms. The van der Waals surface area contributed by atoms with Crippen LogP contribution in [0.2, 0.25) is 0 Å². The molecule has 1 amide bonds. The van der Waals surface area contributed by atoms with Gasteiger partial charge in [-0.15, -0.1) is 0 Å². The summed E-state index contributed by atoms with van der Waals surface area (Å²) in [4.78, 5) is 16.5. The third-order valence-electron chi connectivity index (χ3n) is 3.85. The fraction of sp³-hybridized carbons (Fsp3) is 0.929. The minimum Gasteiger partial charge on any atom is -0.340 e. The van der Waals surface area contributed by atoms with E-state index >= 15 is 0 Å². The van der Waals surface area contributed by atoms with Crippen molar-refractivity contribution in [3.05, 3.63) is 0 Å². The van der Waals surface area contributed by atoms with E-state index in [0.717, 1.165) is 26.2 Å². The van der Waals surface area contributed by atoms with Crippen LogP contribution in [0.15, 0.2) is 0 Å². The van der Waals surface area contributed by atoms with E-state index in [4.69, 9.17) is 5.73 Å². The van der Waals surface area contributed by atoms with Crippen LogP contribution in [0.3, 0.4) is 0 Å². The molecule has 18 heavy (non-hydrogen) atoms. The van der Waals surface area contributed by atoms with Gasteiger partial charge in [0, 0.05) is 44.2 Å². The monoisotopic (exact) mass is 255 g/mol. The molecule has 0 aliphatic carbocycles. The summed E-state index contributed by atoms with van der Waals surface area (Å²) in [6.45, 7) is 14.4. The number of piperazine rings is 1. The molecule has 4 nitrogen and oxygen atoms in total. The third kappa shape index (κ3) is 4.25. The maximum Gasteiger partial charge on any atom is 0.224 e. The second kappa shape index (κ2) is 6.02. The van der Waals surface area contributed by atoms with Crippen LogP contribution in [0, 0.1) is 5.92 Å². The summed E-state index contributed by atoms with van der Waals surface area (Å²) < 4.78 is 0. The van der Waals surface area contributed by atoms with Crippen molar-refractivity contribution >= 4 is 5.91 Å². The zero-order chi connectivity index (χ0) is 13.9. The highest BCUT2D eigenvalue weighted by Crippen LogP contribution is 2.16. The predicted molar refractivity (Wildman–Crippen MR) is 75.3 cm³/mol. The van der Waals surface area contributed by atoms with Crippen LogP contribution < -0.4 is 5.73 Å². The Balaban J connectivity index is 2.41. The van der Waals surface area contributed by atoms with Crippen molar-refractivity contribution in [2.75, 3.05) is 26.2 Å². The molecule has 1 fully saturated rings. The predicted octanol–water partition coefficient (Wildman–Crippen LogP) is 1.30.